The smallest absolute Gasteiger partial charge is 0.253 e. The van der Waals surface area contributed by atoms with Crippen LogP contribution < -0.4 is 10.1 Å². The molecule has 0 aliphatic rings. The van der Waals surface area contributed by atoms with Crippen LogP contribution in [-0.4, -0.2) is 37.9 Å². The van der Waals surface area contributed by atoms with E-state index >= 15 is 0 Å². The molecule has 17 heavy (non-hydrogen) atoms. The summed E-state index contributed by atoms with van der Waals surface area (Å²) in [6, 6.07) is 4.90. The third-order valence-electron chi connectivity index (χ3n) is 2.17. The molecule has 0 unspecified atom stereocenters. The Morgan fingerprint density at radius 3 is 2.41 bits per heavy atom. The van der Waals surface area contributed by atoms with Crippen LogP contribution in [0.4, 0.5) is 5.69 Å². The zero-order valence-electron chi connectivity index (χ0n) is 10.4. The van der Waals surface area contributed by atoms with Crippen molar-refractivity contribution >= 4 is 17.5 Å². The first kappa shape index (κ1) is 13.0. The van der Waals surface area contributed by atoms with E-state index in [1.165, 1.54) is 18.9 Å². The van der Waals surface area contributed by atoms with Gasteiger partial charge in [0.1, 0.15) is 5.75 Å². The van der Waals surface area contributed by atoms with Crippen LogP contribution >= 0.6 is 0 Å². The Kier molecular flexibility index (Phi) is 4.09. The first-order chi connectivity index (χ1) is 7.95. The molecule has 92 valence electrons. The molecule has 1 aromatic rings. The van der Waals surface area contributed by atoms with Crippen LogP contribution in [0, 0.1) is 0 Å². The van der Waals surface area contributed by atoms with Crippen molar-refractivity contribution in [2.45, 2.75) is 6.92 Å². The van der Waals surface area contributed by atoms with E-state index in [1.807, 2.05) is 0 Å². The highest BCUT2D eigenvalue weighted by molar-refractivity contribution is 5.96. The summed E-state index contributed by atoms with van der Waals surface area (Å²) in [5.41, 5.74) is 1.07. The summed E-state index contributed by atoms with van der Waals surface area (Å²) in [7, 11) is 4.84. The lowest BCUT2D eigenvalue weighted by Crippen LogP contribution is -2.21. The van der Waals surface area contributed by atoms with Gasteiger partial charge in [-0.05, 0) is 18.2 Å². The second kappa shape index (κ2) is 5.34. The molecule has 0 aliphatic carbocycles. The molecule has 5 nitrogen and oxygen atoms in total. The Bertz CT molecular complexity index is 441. The van der Waals surface area contributed by atoms with E-state index < -0.39 is 0 Å². The number of methoxy groups -OCH3 is 1. The van der Waals surface area contributed by atoms with Gasteiger partial charge < -0.3 is 15.0 Å². The number of rotatable bonds is 3. The van der Waals surface area contributed by atoms with E-state index in [2.05, 4.69) is 5.32 Å². The maximum atomic E-state index is 11.7. The molecule has 2 amide bonds. The van der Waals surface area contributed by atoms with Crippen molar-refractivity contribution in [1.82, 2.24) is 4.90 Å². The van der Waals surface area contributed by atoms with Crippen LogP contribution in [0.5, 0.6) is 5.75 Å². The van der Waals surface area contributed by atoms with Gasteiger partial charge in [-0.1, -0.05) is 0 Å². The molecule has 1 N–H and O–H groups in total. The second-order valence-corrected chi connectivity index (χ2v) is 3.80. The van der Waals surface area contributed by atoms with Gasteiger partial charge in [-0.2, -0.15) is 0 Å². The topological polar surface area (TPSA) is 58.6 Å². The van der Waals surface area contributed by atoms with Crippen LogP contribution in [0.2, 0.25) is 0 Å². The van der Waals surface area contributed by atoms with Crippen molar-refractivity contribution in [1.29, 1.82) is 0 Å². The molecule has 0 radical (unpaired) electrons. The zero-order chi connectivity index (χ0) is 13.0. The fourth-order valence-corrected chi connectivity index (χ4v) is 1.38. The van der Waals surface area contributed by atoms with Crippen molar-refractivity contribution in [2.75, 3.05) is 26.5 Å². The molecule has 0 saturated heterocycles. The summed E-state index contributed by atoms with van der Waals surface area (Å²) < 4.78 is 5.13. The first-order valence-corrected chi connectivity index (χ1v) is 5.13. The van der Waals surface area contributed by atoms with Gasteiger partial charge in [0.2, 0.25) is 5.91 Å². The van der Waals surface area contributed by atoms with Gasteiger partial charge in [0.15, 0.2) is 0 Å². The maximum Gasteiger partial charge on any atom is 0.253 e. The third-order valence-corrected chi connectivity index (χ3v) is 2.17. The highest BCUT2D eigenvalue weighted by Crippen LogP contribution is 2.25. The summed E-state index contributed by atoms with van der Waals surface area (Å²) in [4.78, 5) is 24.2. The van der Waals surface area contributed by atoms with Gasteiger partial charge in [-0.15, -0.1) is 0 Å². The molecule has 0 spiro atoms. The normalized spacial score (nSPS) is 9.65. The van der Waals surface area contributed by atoms with Crippen LogP contribution in [0.1, 0.15) is 17.3 Å². The predicted molar refractivity (Wildman–Crippen MR) is 65.3 cm³/mol. The molecular formula is C12H16N2O3. The Labute approximate surface area is 100 Å². The average molecular weight is 236 g/mol. The third kappa shape index (κ3) is 3.21. The van der Waals surface area contributed by atoms with E-state index in [-0.39, 0.29) is 11.8 Å². The van der Waals surface area contributed by atoms with E-state index in [4.69, 9.17) is 4.74 Å². The van der Waals surface area contributed by atoms with E-state index in [9.17, 15) is 9.59 Å². The van der Waals surface area contributed by atoms with Crippen molar-refractivity contribution in [3.8, 4) is 5.75 Å². The number of hydrogen-bond acceptors (Lipinski definition) is 3. The number of nitrogens with one attached hydrogen (secondary N) is 1. The molecule has 0 heterocycles. The summed E-state index contributed by atoms with van der Waals surface area (Å²) in [5.74, 6) is 0.167. The number of ether oxygens (including phenoxy) is 1. The number of hydrogen-bond donors (Lipinski definition) is 1. The van der Waals surface area contributed by atoms with E-state index in [0.717, 1.165) is 0 Å². The molecule has 0 fully saturated rings. The molecule has 0 aromatic heterocycles. The molecule has 5 heteroatoms. The largest absolute Gasteiger partial charge is 0.495 e. The van der Waals surface area contributed by atoms with Gasteiger partial charge in [-0.3, -0.25) is 9.59 Å². The lowest BCUT2D eigenvalue weighted by molar-refractivity contribution is -0.114. The fraction of sp³-hybridized carbons (Fsp3) is 0.333. The molecule has 1 rings (SSSR count). The predicted octanol–water partition coefficient (Wildman–Crippen LogP) is 1.36. The van der Waals surface area contributed by atoms with Crippen molar-refractivity contribution < 1.29 is 14.3 Å². The van der Waals surface area contributed by atoms with Gasteiger partial charge in [0.25, 0.3) is 5.91 Å². The van der Waals surface area contributed by atoms with Crippen LogP contribution in [0.15, 0.2) is 18.2 Å². The summed E-state index contributed by atoms with van der Waals surface area (Å²) in [5, 5.41) is 2.63. The number of anilines is 1. The number of carbonyl (C=O) groups is 2. The molecule has 1 aromatic carbocycles. The van der Waals surface area contributed by atoms with Gasteiger partial charge in [0, 0.05) is 26.6 Å². The minimum Gasteiger partial charge on any atom is -0.495 e. The second-order valence-electron chi connectivity index (χ2n) is 3.80. The molecule has 0 aliphatic heterocycles. The number of benzene rings is 1. The molecule has 0 bridgehead atoms. The van der Waals surface area contributed by atoms with E-state index in [0.29, 0.717) is 17.0 Å². The average Bonchev–Trinajstić information content (AvgIpc) is 2.27. The standard InChI is InChI=1S/C12H16N2O3/c1-8(15)13-10-6-5-9(7-11(10)17-4)12(16)14(2)3/h5-7H,1-4H3,(H,13,15). The zero-order valence-corrected chi connectivity index (χ0v) is 10.4. The van der Waals surface area contributed by atoms with Crippen molar-refractivity contribution in [3.63, 3.8) is 0 Å². The lowest BCUT2D eigenvalue weighted by Gasteiger charge is -2.13. The quantitative estimate of drug-likeness (QED) is 0.862. The molecule has 0 atom stereocenters. The Hall–Kier alpha value is -2.04. The van der Waals surface area contributed by atoms with Gasteiger partial charge in [0.05, 0.1) is 12.8 Å². The number of carbonyl (C=O) groups excluding carboxylic acids is 2. The lowest BCUT2D eigenvalue weighted by atomic mass is 10.1. The van der Waals surface area contributed by atoms with Gasteiger partial charge in [-0.25, -0.2) is 0 Å². The Balaban J connectivity index is 3.08. The van der Waals surface area contributed by atoms with Crippen molar-refractivity contribution in [3.05, 3.63) is 23.8 Å². The van der Waals surface area contributed by atoms with Crippen LogP contribution in [0.3, 0.4) is 0 Å². The first-order valence-electron chi connectivity index (χ1n) is 5.13. The summed E-state index contributed by atoms with van der Waals surface area (Å²) in [6.07, 6.45) is 0. The van der Waals surface area contributed by atoms with Crippen molar-refractivity contribution in [2.24, 2.45) is 0 Å². The minimum absolute atomic E-state index is 0.113. The molecular weight excluding hydrogens is 220 g/mol. The monoisotopic (exact) mass is 236 g/mol. The number of nitrogens with zero attached hydrogens (tertiary/aromatic N) is 1. The minimum atomic E-state index is -0.185. The number of amides is 2. The Morgan fingerprint density at radius 2 is 1.94 bits per heavy atom. The van der Waals surface area contributed by atoms with Gasteiger partial charge >= 0.3 is 0 Å². The summed E-state index contributed by atoms with van der Waals surface area (Å²) >= 11 is 0. The van der Waals surface area contributed by atoms with E-state index in [1.54, 1.807) is 32.3 Å². The van der Waals surface area contributed by atoms with Crippen LogP contribution in [-0.2, 0) is 4.79 Å². The highest BCUT2D eigenvalue weighted by atomic mass is 16.5. The fourth-order valence-electron chi connectivity index (χ4n) is 1.38. The SMILES string of the molecule is COc1cc(C(=O)N(C)C)ccc1NC(C)=O. The summed E-state index contributed by atoms with van der Waals surface area (Å²) in [6.45, 7) is 1.42. The Morgan fingerprint density at radius 1 is 1.29 bits per heavy atom. The molecule has 0 saturated carbocycles. The maximum absolute atomic E-state index is 11.7. The van der Waals surface area contributed by atoms with Crippen LogP contribution in [0.25, 0.3) is 0 Å². The highest BCUT2D eigenvalue weighted by Gasteiger charge is 2.12.